The molecule has 11 aromatic rings. The number of nitrogens with two attached hydrogens (primary N) is 3. The first-order valence-corrected chi connectivity index (χ1v) is 26.2. The Morgan fingerprint density at radius 1 is 0.524 bits per heavy atom. The molecule has 0 amide bonds. The van der Waals surface area contributed by atoms with E-state index < -0.39 is 0 Å². The van der Waals surface area contributed by atoms with Gasteiger partial charge in [0.05, 0.1) is 77.3 Å². The zero-order valence-corrected chi connectivity index (χ0v) is 48.9. The maximum Gasteiger partial charge on any atom is 1.00 e. The third-order valence-electron chi connectivity index (χ3n) is 10.4. The molecule has 0 spiro atoms. The topological polar surface area (TPSA) is 251 Å². The summed E-state index contributed by atoms with van der Waals surface area (Å²) in [5.74, 6) is -0.372. The third kappa shape index (κ3) is 23.6. The summed E-state index contributed by atoms with van der Waals surface area (Å²) in [5.41, 5.74) is 24.4. The first-order valence-electron chi connectivity index (χ1n) is 23.5. The average molecular weight is 1330 g/mol. The molecule has 0 saturated heterocycles. The molecule has 5 heterocycles. The summed E-state index contributed by atoms with van der Waals surface area (Å²) >= 11 is 23.8. The minimum absolute atomic E-state index is 0. The molecule has 0 atom stereocenters. The number of carbonyl (C=O) groups excluding carboxylic acids is 2. The molecule has 0 aliphatic rings. The summed E-state index contributed by atoms with van der Waals surface area (Å²) in [4.78, 5) is 27.7. The van der Waals surface area contributed by atoms with Gasteiger partial charge < -0.3 is 29.0 Å². The molecule has 23 heteroatoms. The van der Waals surface area contributed by atoms with Crippen molar-refractivity contribution in [2.75, 3.05) is 17.2 Å². The molecule has 0 fully saturated rings. The summed E-state index contributed by atoms with van der Waals surface area (Å²) in [6, 6.07) is 47.0. The number of nitrogen functional groups attached to an aromatic ring is 3. The van der Waals surface area contributed by atoms with Crippen molar-refractivity contribution in [3.05, 3.63) is 295 Å². The molecule has 82 heavy (non-hydrogen) atoms. The fourth-order valence-corrected chi connectivity index (χ4v) is 7.64. The molecule has 0 saturated carbocycles. The number of nitrogens with zero attached hydrogens (tertiary/aromatic N) is 10. The Kier molecular flexibility index (Phi) is 30.3. The van der Waals surface area contributed by atoms with E-state index in [0.717, 1.165) is 38.3 Å². The predicted molar refractivity (Wildman–Crippen MR) is 328 cm³/mol. The van der Waals surface area contributed by atoms with E-state index in [1.807, 2.05) is 89.7 Å². The number of rotatable bonds is 10. The van der Waals surface area contributed by atoms with Crippen molar-refractivity contribution in [2.45, 2.75) is 27.1 Å². The molecule has 0 radical (unpaired) electrons. The van der Waals surface area contributed by atoms with Gasteiger partial charge in [0.15, 0.2) is 11.6 Å². The average Bonchev–Trinajstić information content (AvgIpc) is 4.43. The van der Waals surface area contributed by atoms with Crippen LogP contribution in [-0.2, 0) is 36.7 Å². The summed E-state index contributed by atoms with van der Waals surface area (Å²) in [6.07, 6.45) is 16.8. The molecule has 0 bridgehead atoms. The molecule has 0 aliphatic carbocycles. The summed E-state index contributed by atoms with van der Waals surface area (Å²) in [6.45, 7) is 13.7. The predicted octanol–water partition coefficient (Wildman–Crippen LogP) is 14.3. The van der Waals surface area contributed by atoms with Gasteiger partial charge in [0.2, 0.25) is 5.69 Å². The minimum atomic E-state index is -0.191. The zero-order chi connectivity index (χ0) is 57.7. The number of ketones is 2. The second-order valence-corrected chi connectivity index (χ2v) is 19.5. The number of hydrogen-bond acceptors (Lipinski definition) is 11. The maximum atomic E-state index is 12.5. The number of anilines is 3. The van der Waals surface area contributed by atoms with E-state index in [2.05, 4.69) is 84.5 Å². The van der Waals surface area contributed by atoms with Gasteiger partial charge in [0.25, 0.3) is 0 Å². The van der Waals surface area contributed by atoms with Gasteiger partial charge in [0, 0.05) is 74.2 Å². The van der Waals surface area contributed by atoms with Crippen molar-refractivity contribution in [3.63, 3.8) is 0 Å². The molecule has 5 aromatic heterocycles. The van der Waals surface area contributed by atoms with Crippen molar-refractivity contribution in [3.8, 4) is 0 Å². The maximum absolute atomic E-state index is 12.5. The SMILES string of the molecule is Brc1cn[nH]c1.Brc1cnn(Cc2ccccc2)c1.C.Nc1ccc(Cl)cc1.Nc1ccc(Cl)cc1C(=O)c1cn[nH]c1.Nc1ccc(Cl)cc1C(=O)c1cnn(Cc2ccccc2)c1.[C-]#N.[C-]#[N+]c1cnn(Cc2ccccc2)c1.[Cu+]. The largest absolute Gasteiger partial charge is 1.00 e. The van der Waals surface area contributed by atoms with Gasteiger partial charge in [-0.05, 0) is 109 Å². The van der Waals surface area contributed by atoms with E-state index in [9.17, 15) is 9.59 Å². The Hall–Kier alpha value is -8.56. The summed E-state index contributed by atoms with van der Waals surface area (Å²) in [7, 11) is 0. The van der Waals surface area contributed by atoms with Gasteiger partial charge in [-0.3, -0.25) is 33.8 Å². The Bertz CT molecular complexity index is 3630. The molecule has 0 aliphatic heterocycles. The number of hydrogen-bond donors (Lipinski definition) is 5. The van der Waals surface area contributed by atoms with Crippen LogP contribution in [0.25, 0.3) is 4.85 Å². The van der Waals surface area contributed by atoms with E-state index in [4.69, 9.17) is 70.4 Å². The van der Waals surface area contributed by atoms with Gasteiger partial charge in [-0.1, -0.05) is 133 Å². The fourth-order valence-electron chi connectivity index (χ4n) is 6.63. The second kappa shape index (κ2) is 36.6. The van der Waals surface area contributed by atoms with Crippen molar-refractivity contribution in [2.24, 2.45) is 0 Å². The second-order valence-electron chi connectivity index (χ2n) is 16.3. The smallest absolute Gasteiger partial charge is 0.512 e. The molecular formula is C59H53Br2Cl3CuN15O2. The standard InChI is InChI=1S/C17H14ClN3O.C11H9N3.C10H9BrN2.C10H8ClN3O.C6H6ClN.C3H3BrN2.CN.CH4.Cu/c18-14-6-7-16(19)15(8-14)17(22)13-9-20-21(11-13)10-12-4-2-1-3-5-12;1-12-11-7-13-14(9-11)8-10-5-3-2-4-6-10;11-10-6-12-13(8-10)7-9-4-2-1-3-5-9;11-7-1-2-9(12)8(3-7)10(15)6-4-13-14-5-6;7-5-1-3-6(8)4-2-5;4-3-1-5-6-2-3;1-2;;/h1-9,11H,10,19H2;2-7,9H,8H2;1-6,8H,7H2;1-5H,12H2,(H,13,14);1-4H,8H2;1-2H,(H,5,6);;1H4;/q;;;;;;-1;;+1. The van der Waals surface area contributed by atoms with Crippen LogP contribution >= 0.6 is 66.7 Å². The number of H-pyrrole nitrogens is 2. The third-order valence-corrected chi connectivity index (χ3v) is 12.0. The first kappa shape index (κ1) is 67.7. The summed E-state index contributed by atoms with van der Waals surface area (Å²) < 4.78 is 7.40. The van der Waals surface area contributed by atoms with Crippen LogP contribution in [0.3, 0.4) is 0 Å². The number of halogens is 5. The molecule has 422 valence electrons. The Labute approximate surface area is 517 Å². The summed E-state index contributed by atoms with van der Waals surface area (Å²) in [5, 5.41) is 33.0. The molecule has 6 aromatic carbocycles. The van der Waals surface area contributed by atoms with Crippen LogP contribution in [0.15, 0.2) is 223 Å². The van der Waals surface area contributed by atoms with E-state index in [1.165, 1.54) is 23.5 Å². The molecule has 0 unspecified atom stereocenters. The van der Waals surface area contributed by atoms with Crippen molar-refractivity contribution >= 4 is 101 Å². The van der Waals surface area contributed by atoms with Crippen LogP contribution in [-0.4, -0.2) is 61.3 Å². The van der Waals surface area contributed by atoms with E-state index in [0.29, 0.717) is 55.9 Å². The van der Waals surface area contributed by atoms with E-state index >= 15 is 0 Å². The van der Waals surface area contributed by atoms with Gasteiger partial charge in [-0.15, -0.1) is 0 Å². The van der Waals surface area contributed by atoms with E-state index in [1.54, 1.807) is 113 Å². The van der Waals surface area contributed by atoms with Crippen LogP contribution in [0, 0.1) is 18.4 Å². The van der Waals surface area contributed by atoms with Gasteiger partial charge in [0.1, 0.15) is 0 Å². The van der Waals surface area contributed by atoms with Crippen LogP contribution < -0.4 is 17.2 Å². The first-order chi connectivity index (χ1) is 38.7. The Morgan fingerprint density at radius 2 is 0.951 bits per heavy atom. The normalized spacial score (nSPS) is 9.54. The minimum Gasteiger partial charge on any atom is -0.512 e. The van der Waals surface area contributed by atoms with Crippen molar-refractivity contribution in [1.29, 1.82) is 5.26 Å². The van der Waals surface area contributed by atoms with Crippen LogP contribution in [0.2, 0.25) is 15.1 Å². The number of aromatic amines is 2. The van der Waals surface area contributed by atoms with Crippen LogP contribution in [0.5, 0.6) is 0 Å². The Balaban J connectivity index is 0.000000265. The quantitative estimate of drug-likeness (QED) is 0.0373. The van der Waals surface area contributed by atoms with Gasteiger partial charge >= 0.3 is 17.1 Å². The van der Waals surface area contributed by atoms with Crippen LogP contribution in [0.4, 0.5) is 22.7 Å². The van der Waals surface area contributed by atoms with Crippen molar-refractivity contribution < 1.29 is 26.7 Å². The Morgan fingerprint density at radius 3 is 1.34 bits per heavy atom. The van der Waals surface area contributed by atoms with E-state index in [-0.39, 0.29) is 36.1 Å². The number of nitrogens with one attached hydrogen (secondary N) is 2. The molecule has 17 nitrogen and oxygen atoms in total. The van der Waals surface area contributed by atoms with Crippen LogP contribution in [0.1, 0.15) is 56.0 Å². The number of carbonyl (C=O) groups is 2. The zero-order valence-electron chi connectivity index (χ0n) is 42.5. The molecular weight excluding hydrogens is 1280 g/mol. The monoisotopic (exact) mass is 1330 g/mol. The van der Waals surface area contributed by atoms with Crippen molar-refractivity contribution in [1.82, 2.24) is 49.7 Å². The molecule has 8 N–H and O–H groups in total. The number of benzene rings is 6. The number of aromatic nitrogens is 10. The fraction of sp³-hybridized carbons (Fsp3) is 0.0678. The van der Waals surface area contributed by atoms with Gasteiger partial charge in [-0.2, -0.15) is 25.5 Å². The van der Waals surface area contributed by atoms with Gasteiger partial charge in [-0.25, -0.2) is 4.85 Å². The molecule has 11 rings (SSSR count).